The van der Waals surface area contributed by atoms with Crippen LogP contribution in [0.15, 0.2) is 53.9 Å². The normalized spacial score (nSPS) is 15.1. The number of nitrogens with one attached hydrogen (secondary N) is 3. The predicted molar refractivity (Wildman–Crippen MR) is 140 cm³/mol. The van der Waals surface area contributed by atoms with Crippen LogP contribution in [-0.4, -0.2) is 52.0 Å². The van der Waals surface area contributed by atoms with Crippen LogP contribution in [0.4, 0.5) is 0 Å². The Morgan fingerprint density at radius 2 is 1.78 bits per heavy atom. The van der Waals surface area contributed by atoms with Gasteiger partial charge >= 0.3 is 0 Å². The van der Waals surface area contributed by atoms with Gasteiger partial charge in [0.05, 0.1) is 18.0 Å². The van der Waals surface area contributed by atoms with Gasteiger partial charge in [0.25, 0.3) is 0 Å². The molecular formula is C26H39N7O2S. The van der Waals surface area contributed by atoms with E-state index in [1.807, 2.05) is 36.1 Å². The number of sulfonamides is 1. The van der Waals surface area contributed by atoms with Gasteiger partial charge in [-0.2, -0.15) is 0 Å². The maximum absolute atomic E-state index is 12.7. The highest BCUT2D eigenvalue weighted by molar-refractivity contribution is 7.89. The van der Waals surface area contributed by atoms with Crippen LogP contribution < -0.4 is 10.0 Å². The molecule has 0 spiro atoms. The Balaban J connectivity index is 1.26. The number of H-pyrrole nitrogens is 1. The maximum atomic E-state index is 12.7. The Bertz CT molecular complexity index is 1140. The van der Waals surface area contributed by atoms with Crippen molar-refractivity contribution in [3.63, 3.8) is 0 Å². The summed E-state index contributed by atoms with van der Waals surface area (Å²) < 4.78 is 30.2. The van der Waals surface area contributed by atoms with Crippen LogP contribution in [-0.2, 0) is 36.7 Å². The summed E-state index contributed by atoms with van der Waals surface area (Å²) in [4.78, 5) is 14.5. The van der Waals surface area contributed by atoms with E-state index < -0.39 is 10.0 Å². The Hall–Kier alpha value is -2.53. The lowest BCUT2D eigenvalue weighted by Crippen LogP contribution is -2.32. The van der Waals surface area contributed by atoms with E-state index in [1.54, 1.807) is 24.5 Å². The van der Waals surface area contributed by atoms with Gasteiger partial charge in [-0.1, -0.05) is 31.4 Å². The average molecular weight is 514 g/mol. The number of aromatic amines is 1. The lowest BCUT2D eigenvalue weighted by Gasteiger charge is -2.22. The van der Waals surface area contributed by atoms with Gasteiger partial charge in [0.15, 0.2) is 0 Å². The number of hydrogen-bond donors (Lipinski definition) is 3. The molecule has 1 aromatic carbocycles. The van der Waals surface area contributed by atoms with E-state index >= 15 is 0 Å². The minimum atomic E-state index is -3.51. The molecule has 4 rings (SSSR count). The minimum Gasteiger partial charge on any atom is -0.348 e. The molecule has 0 unspecified atom stereocenters. The molecule has 1 saturated carbocycles. The summed E-state index contributed by atoms with van der Waals surface area (Å²) in [6.45, 7) is 3.35. The zero-order chi connectivity index (χ0) is 25.2. The van der Waals surface area contributed by atoms with E-state index in [2.05, 4.69) is 29.9 Å². The van der Waals surface area contributed by atoms with Gasteiger partial charge in [-0.15, -0.1) is 0 Å². The van der Waals surface area contributed by atoms with Crippen molar-refractivity contribution in [2.45, 2.75) is 75.5 Å². The summed E-state index contributed by atoms with van der Waals surface area (Å²) in [5.41, 5.74) is 1.03. The first kappa shape index (κ1) is 26.5. The zero-order valence-electron chi connectivity index (χ0n) is 21.2. The topological polar surface area (TPSA) is 108 Å². The van der Waals surface area contributed by atoms with Gasteiger partial charge in [-0.3, -0.25) is 4.90 Å². The van der Waals surface area contributed by atoms with Crippen LogP contribution in [0.1, 0.15) is 62.2 Å². The number of imidazole rings is 2. The van der Waals surface area contributed by atoms with E-state index in [0.29, 0.717) is 37.1 Å². The largest absolute Gasteiger partial charge is 0.348 e. The Morgan fingerprint density at radius 3 is 2.47 bits per heavy atom. The van der Waals surface area contributed by atoms with Crippen molar-refractivity contribution < 1.29 is 8.42 Å². The first-order valence-electron chi connectivity index (χ1n) is 13.0. The summed E-state index contributed by atoms with van der Waals surface area (Å²) in [5.74, 6) is 1.83. The first-order chi connectivity index (χ1) is 17.5. The van der Waals surface area contributed by atoms with Gasteiger partial charge < -0.3 is 14.9 Å². The molecule has 0 saturated heterocycles. The van der Waals surface area contributed by atoms with Crippen molar-refractivity contribution in [3.05, 3.63) is 66.3 Å². The van der Waals surface area contributed by atoms with E-state index in [0.717, 1.165) is 36.6 Å². The van der Waals surface area contributed by atoms with Crippen LogP contribution in [0.3, 0.4) is 0 Å². The molecule has 1 aliphatic rings. The summed E-state index contributed by atoms with van der Waals surface area (Å²) >= 11 is 0. The van der Waals surface area contributed by atoms with E-state index in [1.165, 1.54) is 32.1 Å². The summed E-state index contributed by atoms with van der Waals surface area (Å²) in [6, 6.07) is 7.79. The van der Waals surface area contributed by atoms with Crippen molar-refractivity contribution in [2.24, 2.45) is 7.05 Å². The summed E-state index contributed by atoms with van der Waals surface area (Å²) in [6.07, 6.45) is 15.6. The minimum absolute atomic E-state index is 0.299. The molecular weight excluding hydrogens is 474 g/mol. The van der Waals surface area contributed by atoms with Crippen molar-refractivity contribution >= 4 is 10.0 Å². The van der Waals surface area contributed by atoms with Crippen LogP contribution >= 0.6 is 0 Å². The van der Waals surface area contributed by atoms with Crippen LogP contribution in [0.2, 0.25) is 0 Å². The zero-order valence-corrected chi connectivity index (χ0v) is 22.0. The van der Waals surface area contributed by atoms with Crippen molar-refractivity contribution in [3.8, 4) is 0 Å². The highest BCUT2D eigenvalue weighted by Gasteiger charge is 2.16. The second-order valence-electron chi connectivity index (χ2n) is 9.67. The van der Waals surface area contributed by atoms with E-state index in [9.17, 15) is 8.42 Å². The lowest BCUT2D eigenvalue weighted by atomic mass is 9.95. The molecule has 3 aromatic rings. The van der Waals surface area contributed by atoms with Crippen molar-refractivity contribution in [2.75, 3.05) is 13.1 Å². The monoisotopic (exact) mass is 513 g/mol. The first-order valence-corrected chi connectivity index (χ1v) is 14.5. The molecule has 3 N–H and O–H groups in total. The Kier molecular flexibility index (Phi) is 9.68. The molecule has 1 aliphatic carbocycles. The number of aryl methyl sites for hydroxylation is 1. The fourth-order valence-electron chi connectivity index (χ4n) is 4.70. The number of aromatic nitrogens is 4. The molecule has 0 aliphatic heterocycles. The molecule has 1 fully saturated rings. The van der Waals surface area contributed by atoms with E-state index in [4.69, 9.17) is 0 Å². The summed E-state index contributed by atoms with van der Waals surface area (Å²) in [7, 11) is -1.53. The predicted octanol–water partition coefficient (Wildman–Crippen LogP) is 3.33. The van der Waals surface area contributed by atoms with Crippen LogP contribution in [0, 0.1) is 0 Å². The highest BCUT2D eigenvalue weighted by Crippen LogP contribution is 2.17. The molecule has 2 aromatic heterocycles. The Labute approximate surface area is 214 Å². The van der Waals surface area contributed by atoms with E-state index in [-0.39, 0.29) is 0 Å². The standard InChI is InChI=1S/C26H39N7O2S/c1-32-18-17-30-26(32)21-33(20-25-28-15-16-29-25)19-22-9-11-24(12-10-22)36(34,35)31-14-6-5-13-27-23-7-3-2-4-8-23/h9-12,15-18,23,27,31H,2-8,13-14,19-21H2,1H3,(H,28,29). The number of benzene rings is 1. The molecule has 0 amide bonds. The number of rotatable bonds is 14. The van der Waals surface area contributed by atoms with Crippen molar-refractivity contribution in [1.82, 2.24) is 34.5 Å². The third kappa shape index (κ3) is 7.99. The number of hydrogen-bond acceptors (Lipinski definition) is 6. The maximum Gasteiger partial charge on any atom is 0.240 e. The molecule has 2 heterocycles. The molecule has 0 atom stereocenters. The van der Waals surface area contributed by atoms with Crippen LogP contribution in [0.5, 0.6) is 0 Å². The summed E-state index contributed by atoms with van der Waals surface area (Å²) in [5, 5.41) is 3.61. The molecule has 10 heteroatoms. The highest BCUT2D eigenvalue weighted by atomic mass is 32.2. The second-order valence-corrected chi connectivity index (χ2v) is 11.4. The van der Waals surface area contributed by atoms with Gasteiger partial charge in [0, 0.05) is 51.0 Å². The van der Waals surface area contributed by atoms with Gasteiger partial charge in [0.2, 0.25) is 10.0 Å². The molecule has 196 valence electrons. The smallest absolute Gasteiger partial charge is 0.240 e. The SMILES string of the molecule is Cn1ccnc1CN(Cc1ccc(S(=O)(=O)NCCCCNC2CCCCC2)cc1)Cc1ncc[nH]1. The van der Waals surface area contributed by atoms with Crippen molar-refractivity contribution in [1.29, 1.82) is 0 Å². The van der Waals surface area contributed by atoms with Gasteiger partial charge in [0.1, 0.15) is 11.6 Å². The molecule has 0 radical (unpaired) electrons. The van der Waals surface area contributed by atoms with Gasteiger partial charge in [-0.05, 0) is 49.9 Å². The number of unbranched alkanes of at least 4 members (excludes halogenated alkanes) is 1. The molecule has 9 nitrogen and oxygen atoms in total. The third-order valence-electron chi connectivity index (χ3n) is 6.79. The average Bonchev–Trinajstić information content (AvgIpc) is 3.54. The molecule has 36 heavy (non-hydrogen) atoms. The second kappa shape index (κ2) is 13.1. The van der Waals surface area contributed by atoms with Gasteiger partial charge in [-0.25, -0.2) is 23.1 Å². The Morgan fingerprint density at radius 1 is 1.00 bits per heavy atom. The molecule has 0 bridgehead atoms. The fraction of sp³-hybridized carbons (Fsp3) is 0.538. The fourth-order valence-corrected chi connectivity index (χ4v) is 5.77. The third-order valence-corrected chi connectivity index (χ3v) is 8.26. The quantitative estimate of drug-likeness (QED) is 0.286. The lowest BCUT2D eigenvalue weighted by molar-refractivity contribution is 0.233. The van der Waals surface area contributed by atoms with Crippen LogP contribution in [0.25, 0.3) is 0 Å². The number of nitrogens with zero attached hydrogens (tertiary/aromatic N) is 4.